The Morgan fingerprint density at radius 1 is 1.00 bits per heavy atom. The summed E-state index contributed by atoms with van der Waals surface area (Å²) in [6.45, 7) is -0.396. The first-order chi connectivity index (χ1) is 16.6. The summed E-state index contributed by atoms with van der Waals surface area (Å²) in [5.74, 6) is -1.45. The van der Waals surface area contributed by atoms with Gasteiger partial charge in [-0.05, 0) is 53.9 Å². The number of H-pyrrole nitrogens is 1. The van der Waals surface area contributed by atoms with Crippen LogP contribution < -0.4 is 4.72 Å². The van der Waals surface area contributed by atoms with E-state index in [4.69, 9.17) is 0 Å². The van der Waals surface area contributed by atoms with E-state index in [1.807, 2.05) is 24.3 Å². The van der Waals surface area contributed by atoms with Crippen LogP contribution in [0.15, 0.2) is 71.6 Å². The van der Waals surface area contributed by atoms with Crippen LogP contribution in [-0.4, -0.2) is 41.9 Å². The number of imidazole rings is 1. The van der Waals surface area contributed by atoms with Gasteiger partial charge in [0.15, 0.2) is 0 Å². The van der Waals surface area contributed by atoms with Gasteiger partial charge < -0.3 is 9.88 Å². The van der Waals surface area contributed by atoms with Gasteiger partial charge in [0.05, 0.1) is 21.6 Å². The molecule has 0 unspecified atom stereocenters. The summed E-state index contributed by atoms with van der Waals surface area (Å²) >= 11 is 0. The summed E-state index contributed by atoms with van der Waals surface area (Å²) in [5.41, 5.74) is 3.42. The molecule has 0 spiro atoms. The average Bonchev–Trinajstić information content (AvgIpc) is 3.26. The number of halogens is 3. The Morgan fingerprint density at radius 2 is 1.74 bits per heavy atom. The summed E-state index contributed by atoms with van der Waals surface area (Å²) in [6.07, 6.45) is -4.77. The molecule has 0 saturated carbocycles. The molecular weight excluding hydrogens is 481 g/mol. The number of para-hydroxylation sites is 3. The van der Waals surface area contributed by atoms with Gasteiger partial charge in [0.1, 0.15) is 5.82 Å². The summed E-state index contributed by atoms with van der Waals surface area (Å²) in [4.78, 5) is 19.9. The maximum absolute atomic E-state index is 13.2. The molecule has 2 N–H and O–H groups in total. The zero-order chi connectivity index (χ0) is 24.8. The molecule has 5 rings (SSSR count). The van der Waals surface area contributed by atoms with Gasteiger partial charge in [0, 0.05) is 18.7 Å². The van der Waals surface area contributed by atoms with E-state index in [-0.39, 0.29) is 30.1 Å². The van der Waals surface area contributed by atoms with E-state index in [1.54, 1.807) is 30.3 Å². The number of nitrogens with zero attached hydrogens (tertiary/aromatic N) is 2. The Bertz CT molecular complexity index is 1510. The first kappa shape index (κ1) is 22.9. The number of sulfonamides is 1. The summed E-state index contributed by atoms with van der Waals surface area (Å²) in [5, 5.41) is 0. The van der Waals surface area contributed by atoms with E-state index in [0.29, 0.717) is 27.4 Å². The molecule has 1 aliphatic rings. The number of fused-ring (bicyclic) bond motifs is 2. The maximum Gasteiger partial charge on any atom is 0.471 e. The van der Waals surface area contributed by atoms with Gasteiger partial charge in [-0.1, -0.05) is 30.3 Å². The molecule has 11 heteroatoms. The molecule has 0 aliphatic carbocycles. The number of benzene rings is 3. The third-order valence-corrected chi connectivity index (χ3v) is 7.21. The quantitative estimate of drug-likeness (QED) is 0.432. The van der Waals surface area contributed by atoms with Gasteiger partial charge in [-0.2, -0.15) is 13.2 Å². The lowest BCUT2D eigenvalue weighted by Crippen LogP contribution is -2.43. The van der Waals surface area contributed by atoms with Crippen molar-refractivity contribution in [3.63, 3.8) is 0 Å². The predicted octanol–water partition coefficient (Wildman–Crippen LogP) is 4.48. The summed E-state index contributed by atoms with van der Waals surface area (Å²) in [7, 11) is -4.09. The standard InChI is InChI=1S/C24H19F3N4O3S/c25-24(26,27)23(32)31-12-11-15-9-10-17(13-16(15)14-31)35(33,34)30-19-6-2-1-5-18(19)22-28-20-7-3-4-8-21(20)29-22/h1-10,13,30H,11-12,14H2,(H,28,29). The van der Waals surface area contributed by atoms with Crippen molar-refractivity contribution in [1.82, 2.24) is 14.9 Å². The fourth-order valence-electron chi connectivity index (χ4n) is 4.12. The van der Waals surface area contributed by atoms with Crippen molar-refractivity contribution in [2.24, 2.45) is 0 Å². The number of aromatic nitrogens is 2. The lowest BCUT2D eigenvalue weighted by molar-refractivity contribution is -0.186. The molecule has 7 nitrogen and oxygen atoms in total. The molecule has 0 radical (unpaired) electrons. The van der Waals surface area contributed by atoms with Crippen molar-refractivity contribution >= 4 is 32.7 Å². The topological polar surface area (TPSA) is 95.2 Å². The van der Waals surface area contributed by atoms with Gasteiger partial charge in [0.2, 0.25) is 0 Å². The molecule has 1 aliphatic heterocycles. The second-order valence-corrected chi connectivity index (χ2v) is 9.84. The van der Waals surface area contributed by atoms with Crippen molar-refractivity contribution in [3.05, 3.63) is 77.9 Å². The first-order valence-corrected chi connectivity index (χ1v) is 12.1. The van der Waals surface area contributed by atoms with Gasteiger partial charge in [-0.25, -0.2) is 13.4 Å². The number of aromatic amines is 1. The van der Waals surface area contributed by atoms with E-state index in [9.17, 15) is 26.4 Å². The molecule has 1 amide bonds. The van der Waals surface area contributed by atoms with Crippen molar-refractivity contribution in [3.8, 4) is 11.4 Å². The smallest absolute Gasteiger partial charge is 0.338 e. The summed E-state index contributed by atoms with van der Waals surface area (Å²) < 4.78 is 67.6. The number of hydrogen-bond acceptors (Lipinski definition) is 4. The van der Waals surface area contributed by atoms with Crippen LogP contribution in [0.25, 0.3) is 22.4 Å². The number of carbonyl (C=O) groups excluding carboxylic acids is 1. The molecule has 0 fully saturated rings. The van der Waals surface area contributed by atoms with Crippen LogP contribution in [0.4, 0.5) is 18.9 Å². The highest BCUT2D eigenvalue weighted by Crippen LogP contribution is 2.31. The predicted molar refractivity (Wildman–Crippen MR) is 124 cm³/mol. The van der Waals surface area contributed by atoms with E-state index in [2.05, 4.69) is 14.7 Å². The van der Waals surface area contributed by atoms with Gasteiger partial charge in [0.25, 0.3) is 10.0 Å². The molecule has 3 aromatic carbocycles. The van der Waals surface area contributed by atoms with Crippen LogP contribution in [0, 0.1) is 0 Å². The molecule has 0 bridgehead atoms. The Labute approximate surface area is 198 Å². The number of alkyl halides is 3. The van der Waals surface area contributed by atoms with Crippen LogP contribution in [0.2, 0.25) is 0 Å². The molecule has 35 heavy (non-hydrogen) atoms. The third kappa shape index (κ3) is 4.46. The van der Waals surface area contributed by atoms with Gasteiger partial charge in [-0.3, -0.25) is 9.52 Å². The molecule has 4 aromatic rings. The Balaban J connectivity index is 1.45. The normalized spacial score (nSPS) is 14.1. The number of amides is 1. The highest BCUT2D eigenvalue weighted by molar-refractivity contribution is 7.92. The SMILES string of the molecule is O=C(N1CCc2ccc(S(=O)(=O)Nc3ccccc3-c3nc4ccccc4[nH]3)cc2C1)C(F)(F)F. The molecule has 2 heterocycles. The maximum atomic E-state index is 13.2. The van der Waals surface area contributed by atoms with E-state index in [1.165, 1.54) is 12.1 Å². The number of carbonyl (C=O) groups is 1. The van der Waals surface area contributed by atoms with Crippen molar-refractivity contribution in [2.45, 2.75) is 24.0 Å². The number of anilines is 1. The summed E-state index contributed by atoms with van der Waals surface area (Å²) in [6, 6.07) is 18.5. The average molecular weight is 501 g/mol. The Morgan fingerprint density at radius 3 is 2.51 bits per heavy atom. The highest BCUT2D eigenvalue weighted by Gasteiger charge is 2.43. The van der Waals surface area contributed by atoms with E-state index < -0.39 is 22.1 Å². The van der Waals surface area contributed by atoms with Crippen molar-refractivity contribution < 1.29 is 26.4 Å². The lowest BCUT2D eigenvalue weighted by Gasteiger charge is -2.29. The zero-order valence-corrected chi connectivity index (χ0v) is 18.9. The fraction of sp³-hybridized carbons (Fsp3) is 0.167. The largest absolute Gasteiger partial charge is 0.471 e. The number of nitrogens with one attached hydrogen (secondary N) is 2. The Hall–Kier alpha value is -3.86. The van der Waals surface area contributed by atoms with Crippen molar-refractivity contribution in [2.75, 3.05) is 11.3 Å². The molecule has 180 valence electrons. The van der Waals surface area contributed by atoms with E-state index in [0.717, 1.165) is 11.0 Å². The minimum Gasteiger partial charge on any atom is -0.338 e. The monoisotopic (exact) mass is 500 g/mol. The molecule has 1 aromatic heterocycles. The van der Waals surface area contributed by atoms with Crippen LogP contribution in [0.5, 0.6) is 0 Å². The van der Waals surface area contributed by atoms with Crippen LogP contribution in [-0.2, 0) is 27.8 Å². The lowest BCUT2D eigenvalue weighted by atomic mass is 10.00. The Kier molecular flexibility index (Phi) is 5.51. The van der Waals surface area contributed by atoms with Gasteiger partial charge >= 0.3 is 12.1 Å². The van der Waals surface area contributed by atoms with Crippen LogP contribution >= 0.6 is 0 Å². The molecular formula is C24H19F3N4O3S. The van der Waals surface area contributed by atoms with Crippen molar-refractivity contribution in [1.29, 1.82) is 0 Å². The molecule has 0 saturated heterocycles. The highest BCUT2D eigenvalue weighted by atomic mass is 32.2. The van der Waals surface area contributed by atoms with Crippen LogP contribution in [0.1, 0.15) is 11.1 Å². The zero-order valence-electron chi connectivity index (χ0n) is 18.1. The second kappa shape index (κ2) is 8.42. The number of hydrogen-bond donors (Lipinski definition) is 2. The second-order valence-electron chi connectivity index (χ2n) is 8.16. The van der Waals surface area contributed by atoms with Crippen LogP contribution in [0.3, 0.4) is 0 Å². The van der Waals surface area contributed by atoms with Gasteiger partial charge in [-0.15, -0.1) is 0 Å². The number of rotatable bonds is 4. The van der Waals surface area contributed by atoms with E-state index >= 15 is 0 Å². The third-order valence-electron chi connectivity index (χ3n) is 5.85. The first-order valence-electron chi connectivity index (χ1n) is 10.7. The minimum atomic E-state index is -4.98. The molecule has 0 atom stereocenters. The minimum absolute atomic E-state index is 0.0828. The fourth-order valence-corrected chi connectivity index (χ4v) is 5.25.